The van der Waals surface area contributed by atoms with Crippen molar-refractivity contribution in [1.82, 2.24) is 0 Å². The summed E-state index contributed by atoms with van der Waals surface area (Å²) in [5, 5.41) is 9.18. The van der Waals surface area contributed by atoms with Gasteiger partial charge >= 0.3 is 0 Å². The Bertz CT molecular complexity index is 712. The summed E-state index contributed by atoms with van der Waals surface area (Å²) in [4.78, 5) is 2.29. The van der Waals surface area contributed by atoms with Crippen molar-refractivity contribution in [1.29, 1.82) is 0 Å². The molecule has 0 aliphatic rings. The number of thiophene rings is 1. The first kappa shape index (κ1) is 18.7. The highest BCUT2D eigenvalue weighted by Crippen LogP contribution is 2.19. The van der Waals surface area contributed by atoms with Crippen LogP contribution in [0.3, 0.4) is 0 Å². The van der Waals surface area contributed by atoms with E-state index in [1.54, 1.807) is 23.5 Å². The monoisotopic (exact) mass is 345 g/mol. The summed E-state index contributed by atoms with van der Waals surface area (Å²) in [5.74, 6) is 6.19. The molecule has 0 aliphatic carbocycles. The van der Waals surface area contributed by atoms with Crippen molar-refractivity contribution in [2.45, 2.75) is 44.6 Å². The van der Waals surface area contributed by atoms with Crippen LogP contribution < -0.4 is 5.73 Å². The molecule has 2 rings (SSSR count). The second kappa shape index (κ2) is 8.98. The fraction of sp³-hybridized carbons (Fsp3) is 0.400. The SMILES string of the molecule is CC(N)(CO)CCc1ccc(C#CCCCc2cccc(F)c2)s1. The maximum absolute atomic E-state index is 13.1. The third-order valence-corrected chi connectivity index (χ3v) is 4.89. The largest absolute Gasteiger partial charge is 0.394 e. The molecule has 3 N–H and O–H groups in total. The number of nitrogens with two attached hydrogens (primary N) is 1. The zero-order valence-corrected chi connectivity index (χ0v) is 14.8. The molecule has 0 aliphatic heterocycles. The highest BCUT2D eigenvalue weighted by molar-refractivity contribution is 7.12. The van der Waals surface area contributed by atoms with Gasteiger partial charge in [0.2, 0.25) is 0 Å². The van der Waals surface area contributed by atoms with Crippen molar-refractivity contribution in [2.75, 3.05) is 6.61 Å². The van der Waals surface area contributed by atoms with Crippen molar-refractivity contribution < 1.29 is 9.50 Å². The first-order valence-electron chi connectivity index (χ1n) is 8.20. The lowest BCUT2D eigenvalue weighted by Crippen LogP contribution is -2.40. The summed E-state index contributed by atoms with van der Waals surface area (Å²) < 4.78 is 13.1. The first-order chi connectivity index (χ1) is 11.5. The molecule has 4 heteroatoms. The quantitative estimate of drug-likeness (QED) is 0.590. The molecule has 0 saturated heterocycles. The van der Waals surface area contributed by atoms with Crippen LogP contribution in [0.5, 0.6) is 0 Å². The summed E-state index contributed by atoms with van der Waals surface area (Å²) in [7, 11) is 0. The summed E-state index contributed by atoms with van der Waals surface area (Å²) in [6, 6.07) is 10.8. The number of rotatable bonds is 7. The van der Waals surface area contributed by atoms with Crippen molar-refractivity contribution >= 4 is 11.3 Å². The van der Waals surface area contributed by atoms with Crippen LogP contribution in [0.2, 0.25) is 0 Å². The van der Waals surface area contributed by atoms with E-state index in [0.717, 1.165) is 42.5 Å². The molecule has 1 unspecified atom stereocenters. The van der Waals surface area contributed by atoms with Crippen LogP contribution in [0.25, 0.3) is 0 Å². The van der Waals surface area contributed by atoms with Gasteiger partial charge in [0.25, 0.3) is 0 Å². The van der Waals surface area contributed by atoms with Crippen LogP contribution >= 0.6 is 11.3 Å². The molecule has 128 valence electrons. The Morgan fingerprint density at radius 2 is 2.08 bits per heavy atom. The summed E-state index contributed by atoms with van der Waals surface area (Å²) >= 11 is 1.68. The van der Waals surface area contributed by atoms with Crippen LogP contribution in [-0.2, 0) is 12.8 Å². The van der Waals surface area contributed by atoms with Gasteiger partial charge in [0.1, 0.15) is 5.82 Å². The van der Waals surface area contributed by atoms with E-state index in [2.05, 4.69) is 17.9 Å². The molecule has 24 heavy (non-hydrogen) atoms. The number of halogens is 1. The summed E-state index contributed by atoms with van der Waals surface area (Å²) in [6.45, 7) is 1.86. The summed E-state index contributed by atoms with van der Waals surface area (Å²) in [6.07, 6.45) is 4.19. The lowest BCUT2D eigenvalue weighted by atomic mass is 9.98. The normalized spacial score (nSPS) is 13.2. The molecular weight excluding hydrogens is 321 g/mol. The van der Waals surface area contributed by atoms with Crippen LogP contribution in [0, 0.1) is 17.7 Å². The number of aliphatic hydroxyl groups excluding tert-OH is 1. The molecule has 0 saturated carbocycles. The Kier molecular flexibility index (Phi) is 6.99. The molecule has 1 aromatic carbocycles. The Morgan fingerprint density at radius 1 is 1.25 bits per heavy atom. The first-order valence-corrected chi connectivity index (χ1v) is 9.02. The minimum absolute atomic E-state index is 0.00362. The Balaban J connectivity index is 1.75. The smallest absolute Gasteiger partial charge is 0.123 e. The van der Waals surface area contributed by atoms with E-state index in [-0.39, 0.29) is 12.4 Å². The predicted octanol–water partition coefficient (Wildman–Crippen LogP) is 3.90. The van der Waals surface area contributed by atoms with Gasteiger partial charge in [-0.1, -0.05) is 24.0 Å². The Hall–Kier alpha value is -1.67. The highest BCUT2D eigenvalue weighted by atomic mass is 32.1. The van der Waals surface area contributed by atoms with E-state index in [1.165, 1.54) is 10.9 Å². The van der Waals surface area contributed by atoms with Crippen molar-refractivity contribution in [3.8, 4) is 11.8 Å². The molecule has 0 amide bonds. The van der Waals surface area contributed by atoms with E-state index in [1.807, 2.05) is 19.1 Å². The van der Waals surface area contributed by atoms with E-state index >= 15 is 0 Å². The fourth-order valence-electron chi connectivity index (χ4n) is 2.29. The van der Waals surface area contributed by atoms with Gasteiger partial charge in [-0.15, -0.1) is 11.3 Å². The van der Waals surface area contributed by atoms with Crippen molar-refractivity contribution in [2.24, 2.45) is 5.73 Å². The number of hydrogen-bond donors (Lipinski definition) is 2. The molecule has 0 fully saturated rings. The molecule has 2 nitrogen and oxygen atoms in total. The number of aryl methyl sites for hydroxylation is 2. The maximum Gasteiger partial charge on any atom is 0.123 e. The lowest BCUT2D eigenvalue weighted by Gasteiger charge is -2.20. The predicted molar refractivity (Wildman–Crippen MR) is 98.5 cm³/mol. The maximum atomic E-state index is 13.1. The molecular formula is C20H24FNOS. The molecule has 0 spiro atoms. The van der Waals surface area contributed by atoms with E-state index < -0.39 is 5.54 Å². The van der Waals surface area contributed by atoms with Crippen molar-refractivity contribution in [3.05, 3.63) is 57.5 Å². The molecule has 1 atom stereocenters. The zero-order chi connectivity index (χ0) is 17.4. The highest BCUT2D eigenvalue weighted by Gasteiger charge is 2.16. The van der Waals surface area contributed by atoms with Gasteiger partial charge in [-0.25, -0.2) is 4.39 Å². The van der Waals surface area contributed by atoms with Crippen molar-refractivity contribution in [3.63, 3.8) is 0 Å². The zero-order valence-electron chi connectivity index (χ0n) is 14.0. The van der Waals surface area contributed by atoms with Crippen LogP contribution in [-0.4, -0.2) is 17.3 Å². The average molecular weight is 345 g/mol. The third kappa shape index (κ3) is 6.45. The van der Waals surface area contributed by atoms with Gasteiger partial charge in [0.15, 0.2) is 0 Å². The van der Waals surface area contributed by atoms with Gasteiger partial charge < -0.3 is 10.8 Å². The van der Waals surface area contributed by atoms with E-state index in [0.29, 0.717) is 0 Å². The number of hydrogen-bond acceptors (Lipinski definition) is 3. The average Bonchev–Trinajstić information content (AvgIpc) is 3.01. The van der Waals surface area contributed by atoms with Crippen LogP contribution in [0.4, 0.5) is 4.39 Å². The number of aliphatic hydroxyl groups is 1. The Labute approximate surface area is 147 Å². The standard InChI is InChI=1S/C20H24FNOS/c1-20(22,15-23)13-12-19-11-10-18(24-19)9-4-2-3-6-16-7-5-8-17(21)14-16/h5,7-8,10-11,14,23H,2-3,6,12-13,15,22H2,1H3. The second-order valence-corrected chi connectivity index (χ2v) is 7.53. The van der Waals surface area contributed by atoms with Crippen LogP contribution in [0.1, 0.15) is 41.5 Å². The van der Waals surface area contributed by atoms with Gasteiger partial charge in [-0.2, -0.15) is 0 Å². The van der Waals surface area contributed by atoms with Gasteiger partial charge in [-0.05, 0) is 62.4 Å². The molecule has 0 bridgehead atoms. The lowest BCUT2D eigenvalue weighted by molar-refractivity contribution is 0.201. The number of benzene rings is 1. The molecule has 1 aromatic heterocycles. The van der Waals surface area contributed by atoms with Gasteiger partial charge in [0, 0.05) is 16.8 Å². The van der Waals surface area contributed by atoms with E-state index in [4.69, 9.17) is 5.73 Å². The minimum Gasteiger partial charge on any atom is -0.394 e. The fourth-order valence-corrected chi connectivity index (χ4v) is 3.17. The molecule has 1 heterocycles. The van der Waals surface area contributed by atoms with Crippen LogP contribution in [0.15, 0.2) is 36.4 Å². The topological polar surface area (TPSA) is 46.2 Å². The summed E-state index contributed by atoms with van der Waals surface area (Å²) in [5.41, 5.74) is 6.44. The minimum atomic E-state index is -0.521. The van der Waals surface area contributed by atoms with Gasteiger partial charge in [-0.3, -0.25) is 0 Å². The molecule has 0 radical (unpaired) electrons. The molecule has 2 aromatic rings. The second-order valence-electron chi connectivity index (χ2n) is 6.36. The number of unbranched alkanes of at least 4 members (excludes halogenated alkanes) is 1. The van der Waals surface area contributed by atoms with Gasteiger partial charge in [0.05, 0.1) is 11.5 Å². The third-order valence-electron chi connectivity index (χ3n) is 3.83. The van der Waals surface area contributed by atoms with E-state index in [9.17, 15) is 9.50 Å². The Morgan fingerprint density at radius 3 is 2.83 bits per heavy atom.